The Morgan fingerprint density at radius 2 is 1.91 bits per heavy atom. The molecule has 9 heteroatoms. The zero-order chi connectivity index (χ0) is 15.3. The second-order valence-electron chi connectivity index (χ2n) is 5.85. The summed E-state index contributed by atoms with van der Waals surface area (Å²) in [7, 11) is -3.12. The van der Waals surface area contributed by atoms with Crippen LogP contribution in [0, 0.1) is 0 Å². The highest BCUT2D eigenvalue weighted by atomic mass is 32.2. The summed E-state index contributed by atoms with van der Waals surface area (Å²) in [6.45, 7) is 0.917. The first-order valence-electron chi connectivity index (χ1n) is 7.39. The first-order chi connectivity index (χ1) is 10.6. The average Bonchev–Trinajstić information content (AvgIpc) is 3.27. The maximum atomic E-state index is 12.4. The minimum Gasteiger partial charge on any atom is -0.266 e. The molecule has 22 heavy (non-hydrogen) atoms. The predicted molar refractivity (Wildman–Crippen MR) is 83.5 cm³/mol. The van der Waals surface area contributed by atoms with E-state index in [4.69, 9.17) is 0 Å². The monoisotopic (exact) mass is 340 g/mol. The Labute approximate surface area is 131 Å². The van der Waals surface area contributed by atoms with E-state index in [9.17, 15) is 13.2 Å². The fourth-order valence-corrected chi connectivity index (χ4v) is 5.57. The summed E-state index contributed by atoms with van der Waals surface area (Å²) in [6, 6.07) is 1.71. The smallest absolute Gasteiger partial charge is 0.266 e. The zero-order valence-electron chi connectivity index (χ0n) is 11.9. The van der Waals surface area contributed by atoms with Crippen LogP contribution in [0.4, 0.5) is 0 Å². The fourth-order valence-electron chi connectivity index (χ4n) is 2.94. The summed E-state index contributed by atoms with van der Waals surface area (Å²) in [5.74, 6) is 0. The van der Waals surface area contributed by atoms with Crippen molar-refractivity contribution >= 4 is 31.6 Å². The molecule has 7 nitrogen and oxygen atoms in total. The predicted octanol–water partition coefficient (Wildman–Crippen LogP) is 0.982. The van der Waals surface area contributed by atoms with Crippen LogP contribution in [0.2, 0.25) is 0 Å². The summed E-state index contributed by atoms with van der Waals surface area (Å²) >= 11 is 1.37. The average molecular weight is 340 g/mol. The van der Waals surface area contributed by atoms with Crippen LogP contribution < -0.4 is 5.56 Å². The molecule has 118 valence electrons. The van der Waals surface area contributed by atoms with Gasteiger partial charge in [0.2, 0.25) is 10.0 Å². The molecule has 0 amide bonds. The topological polar surface area (TPSA) is 85.2 Å². The van der Waals surface area contributed by atoms with Gasteiger partial charge in [-0.05, 0) is 37.1 Å². The Morgan fingerprint density at radius 1 is 1.18 bits per heavy atom. The van der Waals surface area contributed by atoms with Gasteiger partial charge in [-0.1, -0.05) is 5.21 Å². The number of sulfonamides is 1. The summed E-state index contributed by atoms with van der Waals surface area (Å²) in [6.07, 6.45) is 2.78. The van der Waals surface area contributed by atoms with Crippen molar-refractivity contribution in [2.24, 2.45) is 0 Å². The maximum absolute atomic E-state index is 12.4. The van der Waals surface area contributed by atoms with Crippen LogP contribution in [0.3, 0.4) is 0 Å². The van der Waals surface area contributed by atoms with E-state index in [1.807, 2.05) is 5.38 Å². The Balaban J connectivity index is 1.55. The summed E-state index contributed by atoms with van der Waals surface area (Å²) in [4.78, 5) is 12.4. The lowest BCUT2D eigenvalue weighted by Crippen LogP contribution is -2.42. The van der Waals surface area contributed by atoms with Crippen LogP contribution in [0.1, 0.15) is 31.7 Å². The van der Waals surface area contributed by atoms with E-state index >= 15 is 0 Å². The van der Waals surface area contributed by atoms with Crippen LogP contribution in [-0.2, 0) is 10.0 Å². The Bertz CT molecular complexity index is 861. The Hall–Kier alpha value is -1.32. The van der Waals surface area contributed by atoms with Gasteiger partial charge in [-0.15, -0.1) is 16.4 Å². The third kappa shape index (κ3) is 2.27. The number of aromatic nitrogens is 3. The maximum Gasteiger partial charge on any atom is 0.287 e. The third-order valence-electron chi connectivity index (χ3n) is 4.37. The normalized spacial score (nSPS) is 21.5. The van der Waals surface area contributed by atoms with Crippen molar-refractivity contribution in [3.05, 3.63) is 21.8 Å². The molecule has 0 spiro atoms. The number of hydrogen-bond acceptors (Lipinski definition) is 6. The molecule has 0 radical (unpaired) electrons. The van der Waals surface area contributed by atoms with E-state index in [-0.39, 0.29) is 16.9 Å². The molecular weight excluding hydrogens is 324 g/mol. The van der Waals surface area contributed by atoms with Crippen LogP contribution in [-0.4, -0.2) is 46.1 Å². The number of piperidine rings is 1. The summed E-state index contributed by atoms with van der Waals surface area (Å²) < 4.78 is 28.1. The van der Waals surface area contributed by atoms with E-state index in [0.29, 0.717) is 36.1 Å². The number of nitrogens with zero attached hydrogens (tertiary/aromatic N) is 4. The molecule has 0 atom stereocenters. The number of thiophene rings is 1. The highest BCUT2D eigenvalue weighted by Crippen LogP contribution is 2.33. The minimum absolute atomic E-state index is 0.0721. The second kappa shape index (κ2) is 5.10. The van der Waals surface area contributed by atoms with Gasteiger partial charge in [-0.2, -0.15) is 0 Å². The van der Waals surface area contributed by atoms with Gasteiger partial charge in [0.1, 0.15) is 10.2 Å². The van der Waals surface area contributed by atoms with Gasteiger partial charge < -0.3 is 0 Å². The van der Waals surface area contributed by atoms with Crippen LogP contribution in [0.25, 0.3) is 10.2 Å². The van der Waals surface area contributed by atoms with E-state index in [1.165, 1.54) is 16.0 Å². The molecule has 1 saturated carbocycles. The number of rotatable bonds is 3. The molecule has 1 saturated heterocycles. The largest absolute Gasteiger partial charge is 0.287 e. The van der Waals surface area contributed by atoms with Gasteiger partial charge in [0.15, 0.2) is 0 Å². The first kappa shape index (κ1) is 14.3. The van der Waals surface area contributed by atoms with Crippen LogP contribution >= 0.6 is 11.3 Å². The molecule has 1 aliphatic carbocycles. The lowest BCUT2D eigenvalue weighted by Gasteiger charge is -2.31. The Kier molecular flexibility index (Phi) is 3.31. The van der Waals surface area contributed by atoms with Gasteiger partial charge in [-0.3, -0.25) is 4.79 Å². The molecule has 3 heterocycles. The molecule has 2 aromatic heterocycles. The molecule has 4 rings (SSSR count). The molecule has 2 aromatic rings. The zero-order valence-corrected chi connectivity index (χ0v) is 13.5. The van der Waals surface area contributed by atoms with E-state index in [2.05, 4.69) is 10.3 Å². The van der Waals surface area contributed by atoms with Gasteiger partial charge in [0.05, 0.1) is 11.3 Å². The first-order valence-corrected chi connectivity index (χ1v) is 9.77. The van der Waals surface area contributed by atoms with Gasteiger partial charge >= 0.3 is 0 Å². The molecule has 0 N–H and O–H groups in total. The van der Waals surface area contributed by atoms with Crippen molar-refractivity contribution in [2.75, 3.05) is 13.1 Å². The lowest BCUT2D eigenvalue weighted by molar-refractivity contribution is 0.251. The molecule has 0 aromatic carbocycles. The number of hydrogen-bond donors (Lipinski definition) is 0. The molecule has 1 aliphatic heterocycles. The summed E-state index contributed by atoms with van der Waals surface area (Å²) in [5, 5.41) is 9.76. The fraction of sp³-hybridized carbons (Fsp3) is 0.615. The molecular formula is C13H16N4O3S2. The summed E-state index contributed by atoms with van der Waals surface area (Å²) in [5.41, 5.74) is 0.503. The van der Waals surface area contributed by atoms with Crippen LogP contribution in [0.5, 0.6) is 0 Å². The Morgan fingerprint density at radius 3 is 2.59 bits per heavy atom. The number of fused-ring (bicyclic) bond motifs is 1. The molecule has 0 bridgehead atoms. The lowest BCUT2D eigenvalue weighted by atomic mass is 10.1. The standard InChI is InChI=1S/C13H16N4O3S2/c18-13-12-11(5-8-21-12)14-15-17(13)9-3-6-16(7-4-9)22(19,20)10-1-2-10/h5,8-10H,1-4,6-7H2. The van der Waals surface area contributed by atoms with Crippen molar-refractivity contribution < 1.29 is 8.42 Å². The highest BCUT2D eigenvalue weighted by molar-refractivity contribution is 7.90. The SMILES string of the molecule is O=c1c2sccc2nnn1C1CCN(S(=O)(=O)C2CC2)CC1. The van der Waals surface area contributed by atoms with E-state index in [1.54, 1.807) is 10.4 Å². The minimum atomic E-state index is -3.12. The van der Waals surface area contributed by atoms with Gasteiger partial charge in [0.25, 0.3) is 5.56 Å². The van der Waals surface area contributed by atoms with E-state index in [0.717, 1.165) is 12.8 Å². The van der Waals surface area contributed by atoms with Crippen molar-refractivity contribution in [1.82, 2.24) is 19.3 Å². The molecule has 0 unspecified atom stereocenters. The quantitative estimate of drug-likeness (QED) is 0.831. The van der Waals surface area contributed by atoms with Gasteiger partial charge in [0, 0.05) is 13.1 Å². The van der Waals surface area contributed by atoms with Crippen molar-refractivity contribution in [3.8, 4) is 0 Å². The third-order valence-corrected chi connectivity index (χ3v) is 7.66. The second-order valence-corrected chi connectivity index (χ2v) is 8.98. The van der Waals surface area contributed by atoms with Crippen molar-refractivity contribution in [3.63, 3.8) is 0 Å². The van der Waals surface area contributed by atoms with Crippen molar-refractivity contribution in [2.45, 2.75) is 37.0 Å². The van der Waals surface area contributed by atoms with Crippen LogP contribution in [0.15, 0.2) is 16.2 Å². The van der Waals surface area contributed by atoms with Gasteiger partial charge in [-0.25, -0.2) is 17.4 Å². The highest BCUT2D eigenvalue weighted by Gasteiger charge is 2.41. The molecule has 2 fully saturated rings. The molecule has 2 aliphatic rings. The van der Waals surface area contributed by atoms with E-state index < -0.39 is 10.0 Å². The van der Waals surface area contributed by atoms with Crippen molar-refractivity contribution in [1.29, 1.82) is 0 Å².